The van der Waals surface area contributed by atoms with Gasteiger partial charge in [0.1, 0.15) is 0 Å². The first-order valence-electron chi connectivity index (χ1n) is 10.1. The molecule has 2 fully saturated rings. The molecule has 0 N–H and O–H groups in total. The van der Waals surface area contributed by atoms with Gasteiger partial charge in [0.15, 0.2) is 0 Å². The Morgan fingerprint density at radius 1 is 0.870 bits per heavy atom. The summed E-state index contributed by atoms with van der Waals surface area (Å²) in [6, 6.07) is 0. The van der Waals surface area contributed by atoms with Crippen LogP contribution in [0.4, 0.5) is 0 Å². The Morgan fingerprint density at radius 2 is 1.35 bits per heavy atom. The summed E-state index contributed by atoms with van der Waals surface area (Å²) in [5.41, 5.74) is 0.542. The largest absolute Gasteiger partial charge is 0.227 e. The van der Waals surface area contributed by atoms with Crippen molar-refractivity contribution in [2.75, 3.05) is 0 Å². The van der Waals surface area contributed by atoms with Gasteiger partial charge in [-0.2, -0.15) is 0 Å². The van der Waals surface area contributed by atoms with Gasteiger partial charge in [-0.1, -0.05) is 104 Å². The molecule has 0 aromatic heterocycles. The Kier molecular flexibility index (Phi) is 7.05. The van der Waals surface area contributed by atoms with Crippen molar-refractivity contribution in [2.45, 2.75) is 109 Å². The summed E-state index contributed by atoms with van der Waals surface area (Å²) in [6.07, 6.45) is 12.3. The van der Waals surface area contributed by atoms with Crippen molar-refractivity contribution < 1.29 is 0 Å². The van der Waals surface area contributed by atoms with E-state index in [1.165, 1.54) is 57.8 Å². The molecule has 2 aliphatic carbocycles. The number of hydrogen-bond acceptors (Lipinski definition) is 0. The molecule has 130 valence electrons. The molecule has 0 bridgehead atoms. The van der Waals surface area contributed by atoms with Gasteiger partial charge in [0, 0.05) is 0 Å². The molecule has 0 spiro atoms. The lowest BCUT2D eigenvalue weighted by Gasteiger charge is -2.46. The van der Waals surface area contributed by atoms with Crippen molar-refractivity contribution in [1.82, 2.24) is 0 Å². The summed E-state index contributed by atoms with van der Waals surface area (Å²) < 4.78 is 0.824. The molecule has 0 aromatic rings. The van der Waals surface area contributed by atoms with Gasteiger partial charge in [0.25, 0.3) is 0 Å². The van der Waals surface area contributed by atoms with Gasteiger partial charge in [0.2, 0.25) is 4.57 Å². The summed E-state index contributed by atoms with van der Waals surface area (Å²) in [5, 5.41) is 0.471. The van der Waals surface area contributed by atoms with Crippen molar-refractivity contribution in [3.8, 4) is 0 Å². The van der Waals surface area contributed by atoms with Crippen LogP contribution < -0.4 is 0 Å². The standard InChI is InChI=1S/C20H37B2I/c1-6-19(2,3)15-9-13-18(14-10-15)22(23)20(4,5)16-7-11-17(21)12-8-16/h15-18H,6-14H2,1-5H3. The minimum atomic E-state index is 0.471. The van der Waals surface area contributed by atoms with Crippen LogP contribution in [0.25, 0.3) is 0 Å². The first-order chi connectivity index (χ1) is 10.7. The van der Waals surface area contributed by atoms with E-state index in [-0.39, 0.29) is 0 Å². The molecule has 0 nitrogen and oxygen atoms in total. The lowest BCUT2D eigenvalue weighted by atomic mass is 9.39. The van der Waals surface area contributed by atoms with Crippen molar-refractivity contribution in [1.29, 1.82) is 0 Å². The van der Waals surface area contributed by atoms with Crippen molar-refractivity contribution in [2.24, 2.45) is 17.3 Å². The summed E-state index contributed by atoms with van der Waals surface area (Å²) >= 11 is 2.82. The zero-order valence-corrected chi connectivity index (χ0v) is 18.4. The normalized spacial score (nSPS) is 33.5. The molecule has 0 aliphatic heterocycles. The summed E-state index contributed by atoms with van der Waals surface area (Å²) in [7, 11) is 6.13. The Balaban J connectivity index is 1.92. The van der Waals surface area contributed by atoms with Gasteiger partial charge in [-0.15, -0.1) is 22.4 Å². The molecule has 23 heavy (non-hydrogen) atoms. The average molecular weight is 426 g/mol. The second kappa shape index (κ2) is 8.04. The van der Waals surface area contributed by atoms with E-state index < -0.39 is 0 Å². The SMILES string of the molecule is [B]C1CCC(C(C)(C)B(I)C2CCC(C(C)(C)CC)CC2)CC1. The van der Waals surface area contributed by atoms with Crippen LogP contribution >= 0.6 is 22.4 Å². The smallest absolute Gasteiger partial charge is 0.149 e. The maximum Gasteiger partial charge on any atom is 0.227 e. The summed E-state index contributed by atoms with van der Waals surface area (Å²) in [4.78, 5) is 0. The minimum Gasteiger partial charge on any atom is -0.149 e. The maximum absolute atomic E-state index is 6.13. The highest BCUT2D eigenvalue weighted by atomic mass is 127. The molecule has 0 amide bonds. The van der Waals surface area contributed by atoms with E-state index >= 15 is 0 Å². The van der Waals surface area contributed by atoms with E-state index in [0.717, 1.165) is 22.2 Å². The lowest BCUT2D eigenvalue weighted by molar-refractivity contribution is 0.151. The van der Waals surface area contributed by atoms with Gasteiger partial charge in [-0.05, 0) is 22.6 Å². The van der Waals surface area contributed by atoms with Crippen LogP contribution in [-0.4, -0.2) is 12.4 Å². The second-order valence-corrected chi connectivity index (χ2v) is 11.1. The van der Waals surface area contributed by atoms with Crippen molar-refractivity contribution in [3.63, 3.8) is 0 Å². The fraction of sp³-hybridized carbons (Fsp3) is 1.00. The molecule has 2 saturated carbocycles. The molecule has 3 heteroatoms. The van der Waals surface area contributed by atoms with Gasteiger partial charge < -0.3 is 0 Å². The molecule has 0 atom stereocenters. The predicted octanol–water partition coefficient (Wildman–Crippen LogP) is 7.34. The molecule has 2 aliphatic rings. The quantitative estimate of drug-likeness (QED) is 0.319. The molecule has 2 rings (SSSR count). The molecular formula is C20H37B2I. The monoisotopic (exact) mass is 426 g/mol. The fourth-order valence-electron chi connectivity index (χ4n) is 5.18. The third kappa shape index (κ3) is 4.73. The first-order valence-corrected chi connectivity index (χ1v) is 11.3. The van der Waals surface area contributed by atoms with Gasteiger partial charge in [-0.25, -0.2) is 0 Å². The second-order valence-electron chi connectivity index (χ2n) is 9.79. The van der Waals surface area contributed by atoms with Gasteiger partial charge in [0.05, 0.1) is 7.85 Å². The van der Waals surface area contributed by atoms with Crippen LogP contribution in [0.1, 0.15) is 92.4 Å². The van der Waals surface area contributed by atoms with Crippen LogP contribution in [-0.2, 0) is 0 Å². The van der Waals surface area contributed by atoms with Gasteiger partial charge >= 0.3 is 0 Å². The topological polar surface area (TPSA) is 0 Å². The molecular weight excluding hydrogens is 389 g/mol. The van der Waals surface area contributed by atoms with Crippen LogP contribution in [0.5, 0.6) is 0 Å². The maximum atomic E-state index is 6.13. The summed E-state index contributed by atoms with van der Waals surface area (Å²) in [6.45, 7) is 12.4. The number of hydrogen-bond donors (Lipinski definition) is 0. The highest BCUT2D eigenvalue weighted by molar-refractivity contribution is 14.1. The number of halogens is 1. The Morgan fingerprint density at radius 3 is 1.83 bits per heavy atom. The van der Waals surface area contributed by atoms with E-state index in [1.807, 2.05) is 0 Å². The van der Waals surface area contributed by atoms with Crippen LogP contribution in [0, 0.1) is 17.3 Å². The van der Waals surface area contributed by atoms with Gasteiger partial charge in [-0.3, -0.25) is 0 Å². The lowest BCUT2D eigenvalue weighted by Crippen LogP contribution is -2.37. The van der Waals surface area contributed by atoms with E-state index in [2.05, 4.69) is 57.0 Å². The third-order valence-corrected chi connectivity index (χ3v) is 10.4. The Bertz CT molecular complexity index is 364. The zero-order valence-electron chi connectivity index (χ0n) is 16.2. The Hall–Kier alpha value is 0.860. The van der Waals surface area contributed by atoms with E-state index in [1.54, 1.807) is 0 Å². The highest BCUT2D eigenvalue weighted by Gasteiger charge is 2.45. The fourth-order valence-corrected chi connectivity index (χ4v) is 6.41. The first kappa shape index (κ1) is 20.2. The molecule has 0 heterocycles. The van der Waals surface area contributed by atoms with Crippen LogP contribution in [0.2, 0.25) is 16.9 Å². The molecule has 2 radical (unpaired) electrons. The minimum absolute atomic E-state index is 0.471. The van der Waals surface area contributed by atoms with E-state index in [0.29, 0.717) is 16.5 Å². The van der Waals surface area contributed by atoms with Crippen molar-refractivity contribution >= 4 is 34.8 Å². The molecule has 0 unspecified atom stereocenters. The number of rotatable bonds is 5. The summed E-state index contributed by atoms with van der Waals surface area (Å²) in [5.74, 6) is 3.24. The molecule has 0 aromatic carbocycles. The van der Waals surface area contributed by atoms with Crippen molar-refractivity contribution in [3.05, 3.63) is 0 Å². The zero-order chi connectivity index (χ0) is 17.3. The molecule has 0 saturated heterocycles. The van der Waals surface area contributed by atoms with Crippen LogP contribution in [0.15, 0.2) is 0 Å². The third-order valence-electron chi connectivity index (χ3n) is 7.74. The van der Waals surface area contributed by atoms with E-state index in [9.17, 15) is 0 Å². The Labute approximate surface area is 161 Å². The van der Waals surface area contributed by atoms with E-state index in [4.69, 9.17) is 7.85 Å². The predicted molar refractivity (Wildman–Crippen MR) is 115 cm³/mol. The highest BCUT2D eigenvalue weighted by Crippen LogP contribution is 2.55. The van der Waals surface area contributed by atoms with Crippen LogP contribution in [0.3, 0.4) is 0 Å². The average Bonchev–Trinajstić information content (AvgIpc) is 2.54.